The molecular formula is C20H25N3O6S. The highest BCUT2D eigenvalue weighted by Crippen LogP contribution is 2.34. The standard InChI is InChI=1S/C20H25N3O6S/c1-7-10-22-20(29-30(6,27)28)16(11-21-22)19(24)15-8-9-17(23(25)26)18(14(15)5)13(4)12(2)3/h8-9,11H,7,10H2,1-6H3. The molecule has 0 radical (unpaired) electrons. The van der Waals surface area contributed by atoms with E-state index >= 15 is 0 Å². The van der Waals surface area contributed by atoms with Crippen molar-refractivity contribution in [3.05, 3.63) is 56.3 Å². The summed E-state index contributed by atoms with van der Waals surface area (Å²) in [5, 5.41) is 15.6. The summed E-state index contributed by atoms with van der Waals surface area (Å²) >= 11 is 0. The predicted molar refractivity (Wildman–Crippen MR) is 113 cm³/mol. The number of carbonyl (C=O) groups excluding carboxylic acids is 1. The molecule has 2 rings (SSSR count). The minimum absolute atomic E-state index is 0.0216. The topological polar surface area (TPSA) is 121 Å². The van der Waals surface area contributed by atoms with E-state index in [1.807, 2.05) is 20.8 Å². The quantitative estimate of drug-likeness (QED) is 0.267. The second kappa shape index (κ2) is 8.78. The molecule has 10 heteroatoms. The van der Waals surface area contributed by atoms with E-state index in [9.17, 15) is 23.3 Å². The van der Waals surface area contributed by atoms with Crippen molar-refractivity contribution in [1.82, 2.24) is 9.78 Å². The number of benzene rings is 1. The van der Waals surface area contributed by atoms with E-state index < -0.39 is 20.8 Å². The number of carbonyl (C=O) groups is 1. The van der Waals surface area contributed by atoms with Gasteiger partial charge in [0.05, 0.1) is 22.9 Å². The second-order valence-electron chi connectivity index (χ2n) is 7.22. The number of aryl methyl sites for hydroxylation is 1. The van der Waals surface area contributed by atoms with Crippen molar-refractivity contribution in [2.45, 2.75) is 47.6 Å². The number of aromatic nitrogens is 2. The van der Waals surface area contributed by atoms with Crippen molar-refractivity contribution in [3.8, 4) is 5.88 Å². The maximum atomic E-state index is 13.3. The van der Waals surface area contributed by atoms with Gasteiger partial charge in [-0.05, 0) is 51.3 Å². The van der Waals surface area contributed by atoms with Gasteiger partial charge in [0.25, 0.3) is 5.69 Å². The molecule has 0 saturated heterocycles. The molecule has 9 nitrogen and oxygen atoms in total. The number of hydrogen-bond donors (Lipinski definition) is 0. The van der Waals surface area contributed by atoms with Crippen molar-refractivity contribution in [1.29, 1.82) is 0 Å². The van der Waals surface area contributed by atoms with E-state index in [2.05, 4.69) is 5.10 Å². The zero-order valence-electron chi connectivity index (χ0n) is 17.8. The highest BCUT2D eigenvalue weighted by molar-refractivity contribution is 7.86. The van der Waals surface area contributed by atoms with Crippen LogP contribution in [-0.2, 0) is 16.7 Å². The Labute approximate surface area is 175 Å². The Morgan fingerprint density at radius 2 is 1.87 bits per heavy atom. The van der Waals surface area contributed by atoms with E-state index in [-0.39, 0.29) is 22.7 Å². The Kier molecular flexibility index (Phi) is 6.81. The highest BCUT2D eigenvalue weighted by Gasteiger charge is 2.28. The highest BCUT2D eigenvalue weighted by atomic mass is 32.2. The van der Waals surface area contributed by atoms with E-state index in [0.717, 1.165) is 11.8 Å². The molecule has 30 heavy (non-hydrogen) atoms. The molecule has 0 spiro atoms. The summed E-state index contributed by atoms with van der Waals surface area (Å²) in [5.74, 6) is -0.686. The number of ketones is 1. The fourth-order valence-corrected chi connectivity index (χ4v) is 3.56. The lowest BCUT2D eigenvalue weighted by atomic mass is 9.90. The lowest BCUT2D eigenvalue weighted by Gasteiger charge is -2.14. The van der Waals surface area contributed by atoms with Crippen LogP contribution in [0.15, 0.2) is 23.9 Å². The number of nitro benzene ring substituents is 1. The molecule has 1 aromatic carbocycles. The SMILES string of the molecule is CCCn1ncc(C(=O)c2ccc([N+](=O)[O-])c(C(C)=C(C)C)c2C)c1OS(C)(=O)=O. The van der Waals surface area contributed by atoms with Gasteiger partial charge in [-0.3, -0.25) is 14.9 Å². The van der Waals surface area contributed by atoms with Gasteiger partial charge in [0.1, 0.15) is 5.56 Å². The largest absolute Gasteiger partial charge is 0.361 e. The predicted octanol–water partition coefficient (Wildman–Crippen LogP) is 3.89. The smallest absolute Gasteiger partial charge is 0.307 e. The van der Waals surface area contributed by atoms with Gasteiger partial charge in [-0.15, -0.1) is 0 Å². The molecular weight excluding hydrogens is 410 g/mol. The van der Waals surface area contributed by atoms with Crippen LogP contribution in [0.4, 0.5) is 5.69 Å². The molecule has 1 heterocycles. The van der Waals surface area contributed by atoms with Crippen LogP contribution in [0.1, 0.15) is 61.2 Å². The summed E-state index contributed by atoms with van der Waals surface area (Å²) in [5.41, 5.74) is 2.47. The van der Waals surface area contributed by atoms with Crippen LogP contribution < -0.4 is 4.18 Å². The summed E-state index contributed by atoms with van der Waals surface area (Å²) in [4.78, 5) is 24.4. The molecule has 2 aromatic rings. The van der Waals surface area contributed by atoms with Crippen molar-refractivity contribution >= 4 is 27.2 Å². The van der Waals surface area contributed by atoms with Gasteiger partial charge in [0.2, 0.25) is 5.88 Å². The maximum Gasteiger partial charge on any atom is 0.307 e. The molecule has 0 N–H and O–H groups in total. The summed E-state index contributed by atoms with van der Waals surface area (Å²) in [7, 11) is -3.90. The first-order chi connectivity index (χ1) is 13.9. The Balaban J connectivity index is 2.72. The monoisotopic (exact) mass is 435 g/mol. The van der Waals surface area contributed by atoms with Crippen LogP contribution in [0.5, 0.6) is 5.88 Å². The van der Waals surface area contributed by atoms with Crippen LogP contribution in [-0.4, -0.2) is 35.2 Å². The van der Waals surface area contributed by atoms with Crippen LogP contribution in [0.2, 0.25) is 0 Å². The molecule has 162 valence electrons. The minimum atomic E-state index is -3.90. The van der Waals surface area contributed by atoms with Crippen molar-refractivity contribution in [2.75, 3.05) is 6.26 Å². The van der Waals surface area contributed by atoms with Gasteiger partial charge >= 0.3 is 10.1 Å². The van der Waals surface area contributed by atoms with Gasteiger partial charge in [-0.25, -0.2) is 4.68 Å². The lowest BCUT2D eigenvalue weighted by molar-refractivity contribution is -0.385. The number of nitrogens with zero attached hydrogens (tertiary/aromatic N) is 3. The molecule has 0 saturated carbocycles. The second-order valence-corrected chi connectivity index (χ2v) is 8.79. The number of allylic oxidation sites excluding steroid dienone is 2. The number of hydrogen-bond acceptors (Lipinski definition) is 7. The molecule has 0 aliphatic carbocycles. The third kappa shape index (κ3) is 4.76. The average Bonchev–Trinajstić information content (AvgIpc) is 3.01. The third-order valence-corrected chi connectivity index (χ3v) is 5.17. The van der Waals surface area contributed by atoms with E-state index in [1.165, 1.54) is 23.0 Å². The summed E-state index contributed by atoms with van der Waals surface area (Å²) in [6.45, 7) is 9.30. The van der Waals surface area contributed by atoms with Gasteiger partial charge in [-0.1, -0.05) is 12.5 Å². The van der Waals surface area contributed by atoms with Crippen LogP contribution >= 0.6 is 0 Å². The minimum Gasteiger partial charge on any atom is -0.361 e. The Bertz CT molecular complexity index is 1140. The van der Waals surface area contributed by atoms with Crippen molar-refractivity contribution in [3.63, 3.8) is 0 Å². The van der Waals surface area contributed by atoms with Gasteiger partial charge in [0, 0.05) is 18.2 Å². The number of rotatable bonds is 8. The van der Waals surface area contributed by atoms with Crippen LogP contribution in [0.25, 0.3) is 5.57 Å². The van der Waals surface area contributed by atoms with E-state index in [4.69, 9.17) is 4.18 Å². The summed E-state index contributed by atoms with van der Waals surface area (Å²) in [6.07, 6.45) is 2.79. The molecule has 0 unspecified atom stereocenters. The molecule has 1 aromatic heterocycles. The van der Waals surface area contributed by atoms with Gasteiger partial charge in [0.15, 0.2) is 5.78 Å². The summed E-state index contributed by atoms with van der Waals surface area (Å²) in [6, 6.07) is 2.66. The fourth-order valence-electron chi connectivity index (χ4n) is 3.10. The first-order valence-electron chi connectivity index (χ1n) is 9.31. The average molecular weight is 436 g/mol. The fraction of sp³-hybridized carbons (Fsp3) is 0.400. The van der Waals surface area contributed by atoms with Crippen LogP contribution in [0.3, 0.4) is 0 Å². The van der Waals surface area contributed by atoms with Gasteiger partial charge < -0.3 is 4.18 Å². The van der Waals surface area contributed by atoms with E-state index in [0.29, 0.717) is 29.7 Å². The molecule has 0 aliphatic rings. The Morgan fingerprint density at radius 3 is 2.37 bits per heavy atom. The lowest BCUT2D eigenvalue weighted by Crippen LogP contribution is -2.14. The first kappa shape index (κ1) is 23.3. The Morgan fingerprint density at radius 1 is 1.23 bits per heavy atom. The van der Waals surface area contributed by atoms with Gasteiger partial charge in [-0.2, -0.15) is 13.5 Å². The maximum absolute atomic E-state index is 13.3. The third-order valence-electron chi connectivity index (χ3n) is 4.71. The Hall–Kier alpha value is -3.01. The summed E-state index contributed by atoms with van der Waals surface area (Å²) < 4.78 is 29.8. The normalized spacial score (nSPS) is 11.3. The molecule has 0 bridgehead atoms. The van der Waals surface area contributed by atoms with Crippen molar-refractivity contribution in [2.24, 2.45) is 0 Å². The zero-order chi connectivity index (χ0) is 22.8. The molecule has 0 fully saturated rings. The molecule has 0 amide bonds. The van der Waals surface area contributed by atoms with Crippen molar-refractivity contribution < 1.29 is 22.3 Å². The van der Waals surface area contributed by atoms with E-state index in [1.54, 1.807) is 13.8 Å². The zero-order valence-corrected chi connectivity index (χ0v) is 18.7. The number of nitro groups is 1. The molecule has 0 atom stereocenters. The first-order valence-corrected chi connectivity index (χ1v) is 11.1. The van der Waals surface area contributed by atoms with Crippen LogP contribution in [0, 0.1) is 17.0 Å². The molecule has 0 aliphatic heterocycles.